The zero-order valence-electron chi connectivity index (χ0n) is 25.2. The number of carboxylic acids is 1. The van der Waals surface area contributed by atoms with Crippen LogP contribution < -0.4 is 4.74 Å². The molecule has 1 unspecified atom stereocenters. The molecule has 2 aromatic heterocycles. The summed E-state index contributed by atoms with van der Waals surface area (Å²) >= 11 is 9.68. The number of hydrogen-bond donors (Lipinski definition) is 1. The summed E-state index contributed by atoms with van der Waals surface area (Å²) in [7, 11) is 0. The van der Waals surface area contributed by atoms with Gasteiger partial charge in [-0.3, -0.25) is 4.98 Å². The minimum absolute atomic E-state index is 0.323. The highest BCUT2D eigenvalue weighted by atomic mass is 35.5. The second kappa shape index (κ2) is 13.3. The number of aromatic carboxylic acids is 1. The number of nitrogens with zero attached hydrogens (tertiary/aromatic N) is 2. The molecule has 7 rings (SSSR count). The molecule has 8 heteroatoms. The molecule has 0 saturated heterocycles. The van der Waals surface area contributed by atoms with Crippen molar-refractivity contribution < 1.29 is 14.6 Å². The van der Waals surface area contributed by atoms with Crippen molar-refractivity contribution in [1.29, 1.82) is 0 Å². The number of halogens is 1. The van der Waals surface area contributed by atoms with Gasteiger partial charge in [-0.2, -0.15) is 0 Å². The van der Waals surface area contributed by atoms with Gasteiger partial charge in [0.25, 0.3) is 0 Å². The van der Waals surface area contributed by atoms with Crippen LogP contribution in [-0.4, -0.2) is 25.9 Å². The fourth-order valence-corrected chi connectivity index (χ4v) is 8.59. The molecule has 1 N–H and O–H groups in total. The summed E-state index contributed by atoms with van der Waals surface area (Å²) in [5.41, 5.74) is 8.11. The van der Waals surface area contributed by atoms with Crippen LogP contribution in [0.4, 0.5) is 0 Å². The summed E-state index contributed by atoms with van der Waals surface area (Å²) in [5.74, 6) is 0.603. The van der Waals surface area contributed by atoms with E-state index in [1.165, 1.54) is 21.5 Å². The van der Waals surface area contributed by atoms with Crippen molar-refractivity contribution >= 4 is 52.0 Å². The van der Waals surface area contributed by atoms with Crippen LogP contribution in [-0.2, 0) is 25.3 Å². The van der Waals surface area contributed by atoms with E-state index in [9.17, 15) is 9.90 Å². The van der Waals surface area contributed by atoms with Gasteiger partial charge >= 0.3 is 5.97 Å². The van der Waals surface area contributed by atoms with Crippen molar-refractivity contribution in [2.24, 2.45) is 0 Å². The minimum Gasteiger partial charge on any atom is -0.487 e. The molecule has 0 fully saturated rings. The van der Waals surface area contributed by atoms with E-state index in [2.05, 4.69) is 54.0 Å². The third kappa shape index (κ3) is 6.27. The topological polar surface area (TPSA) is 64.3 Å². The molecule has 0 bridgehead atoms. The standard InChI is InChI=1S/C38H31ClN2O3S2/c1-24-19-31-34(44-22-29-16-13-27(20-40-29)26-7-3-2-4-8-26)18-17-32-36(31)37(46-24)33(41(32)21-25-11-14-28(39)15-12-25)23-45-35-10-6-5-9-30(35)38(42)43/h2-18,20,24H,19,21-23H2,1H3,(H,42,43). The molecule has 0 spiro atoms. The second-order valence-electron chi connectivity index (χ2n) is 11.3. The Kier molecular flexibility index (Phi) is 8.80. The van der Waals surface area contributed by atoms with Crippen LogP contribution >= 0.6 is 35.1 Å². The molecular formula is C38H31ClN2O3S2. The smallest absolute Gasteiger partial charge is 0.336 e. The molecule has 5 nitrogen and oxygen atoms in total. The number of rotatable bonds is 10. The molecule has 0 radical (unpaired) electrons. The van der Waals surface area contributed by atoms with Crippen molar-refractivity contribution in [2.45, 2.75) is 47.3 Å². The van der Waals surface area contributed by atoms with Gasteiger partial charge in [0.2, 0.25) is 0 Å². The first-order valence-corrected chi connectivity index (χ1v) is 17.3. The van der Waals surface area contributed by atoms with Gasteiger partial charge in [-0.05, 0) is 60.0 Å². The summed E-state index contributed by atoms with van der Waals surface area (Å²) in [5, 5.41) is 12.1. The van der Waals surface area contributed by atoms with E-state index in [0.29, 0.717) is 34.7 Å². The van der Waals surface area contributed by atoms with Crippen molar-refractivity contribution in [3.63, 3.8) is 0 Å². The zero-order valence-corrected chi connectivity index (χ0v) is 27.5. The van der Waals surface area contributed by atoms with Crippen LogP contribution in [0.3, 0.4) is 0 Å². The molecule has 230 valence electrons. The Morgan fingerprint density at radius 2 is 1.76 bits per heavy atom. The van der Waals surface area contributed by atoms with E-state index in [-0.39, 0.29) is 0 Å². The molecule has 0 saturated carbocycles. The predicted molar refractivity (Wildman–Crippen MR) is 188 cm³/mol. The van der Waals surface area contributed by atoms with Gasteiger partial charge in [-0.15, -0.1) is 23.5 Å². The zero-order chi connectivity index (χ0) is 31.6. The fraction of sp³-hybridized carbons (Fsp3) is 0.158. The van der Waals surface area contributed by atoms with Gasteiger partial charge in [-0.25, -0.2) is 4.79 Å². The Morgan fingerprint density at radius 3 is 2.52 bits per heavy atom. The molecule has 0 aliphatic carbocycles. The van der Waals surface area contributed by atoms with Crippen LogP contribution in [0.1, 0.15) is 39.8 Å². The Morgan fingerprint density at radius 1 is 0.978 bits per heavy atom. The summed E-state index contributed by atoms with van der Waals surface area (Å²) in [6, 6.07) is 33.8. The lowest BCUT2D eigenvalue weighted by molar-refractivity contribution is 0.0693. The van der Waals surface area contributed by atoms with Gasteiger partial charge in [0.05, 0.1) is 16.8 Å². The predicted octanol–water partition coefficient (Wildman–Crippen LogP) is 10.0. The largest absolute Gasteiger partial charge is 0.487 e. The van der Waals surface area contributed by atoms with Crippen LogP contribution in [0.5, 0.6) is 5.75 Å². The van der Waals surface area contributed by atoms with E-state index in [1.54, 1.807) is 23.9 Å². The van der Waals surface area contributed by atoms with E-state index < -0.39 is 5.97 Å². The third-order valence-electron chi connectivity index (χ3n) is 8.21. The minimum atomic E-state index is -0.914. The number of ether oxygens (including phenoxy) is 1. The third-order valence-corrected chi connectivity index (χ3v) is 10.8. The van der Waals surface area contributed by atoms with Crippen molar-refractivity contribution in [2.75, 3.05) is 0 Å². The van der Waals surface area contributed by atoms with Crippen LogP contribution in [0, 0.1) is 0 Å². The van der Waals surface area contributed by atoms with Gasteiger partial charge < -0.3 is 14.4 Å². The van der Waals surface area contributed by atoms with Gasteiger partial charge in [-0.1, -0.05) is 79.2 Å². The highest BCUT2D eigenvalue weighted by molar-refractivity contribution is 8.00. The van der Waals surface area contributed by atoms with Gasteiger partial charge in [0, 0.05) is 60.8 Å². The van der Waals surface area contributed by atoms with E-state index in [1.807, 2.05) is 66.5 Å². The Balaban J connectivity index is 1.24. The van der Waals surface area contributed by atoms with E-state index in [4.69, 9.17) is 21.3 Å². The van der Waals surface area contributed by atoms with Gasteiger partial charge in [0.1, 0.15) is 12.4 Å². The molecule has 1 atom stereocenters. The first kappa shape index (κ1) is 30.5. The quantitative estimate of drug-likeness (QED) is 0.147. The number of thioether (sulfide) groups is 2. The lowest BCUT2D eigenvalue weighted by Gasteiger charge is -2.22. The van der Waals surface area contributed by atoms with Crippen molar-refractivity contribution in [3.05, 3.63) is 142 Å². The van der Waals surface area contributed by atoms with Crippen molar-refractivity contribution in [1.82, 2.24) is 9.55 Å². The summed E-state index contributed by atoms with van der Waals surface area (Å²) < 4.78 is 8.87. The first-order valence-electron chi connectivity index (χ1n) is 15.1. The average Bonchev–Trinajstić information content (AvgIpc) is 3.37. The molecular weight excluding hydrogens is 632 g/mol. The maximum Gasteiger partial charge on any atom is 0.336 e. The van der Waals surface area contributed by atoms with E-state index in [0.717, 1.165) is 45.0 Å². The van der Waals surface area contributed by atoms with E-state index >= 15 is 0 Å². The SMILES string of the molecule is CC1Cc2c(OCc3ccc(-c4ccccc4)cn3)ccc3c2c(c(CSc2ccccc2C(=O)O)n3Cc2ccc(Cl)cc2)S1. The highest BCUT2D eigenvalue weighted by Crippen LogP contribution is 2.48. The monoisotopic (exact) mass is 662 g/mol. The van der Waals surface area contributed by atoms with Gasteiger partial charge in [0.15, 0.2) is 0 Å². The average molecular weight is 663 g/mol. The maximum atomic E-state index is 12.0. The number of carboxylic acid groups (broad SMARTS) is 1. The molecule has 1 aliphatic heterocycles. The Labute approximate surface area is 281 Å². The van der Waals surface area contributed by atoms with Crippen LogP contribution in [0.15, 0.2) is 119 Å². The van der Waals surface area contributed by atoms with Crippen LogP contribution in [0.2, 0.25) is 5.02 Å². The number of carbonyl (C=O) groups is 1. The molecule has 1 aliphatic rings. The summed E-state index contributed by atoms with van der Waals surface area (Å²) in [6.07, 6.45) is 2.80. The molecule has 0 amide bonds. The summed E-state index contributed by atoms with van der Waals surface area (Å²) in [6.45, 7) is 3.31. The lowest BCUT2D eigenvalue weighted by atomic mass is 10.0. The lowest BCUT2D eigenvalue weighted by Crippen LogP contribution is -2.10. The molecule has 6 aromatic rings. The second-order valence-corrected chi connectivity index (χ2v) is 14.2. The molecule has 4 aromatic carbocycles. The Hall–Kier alpha value is -4.17. The Bertz CT molecular complexity index is 2030. The van der Waals surface area contributed by atoms with Crippen molar-refractivity contribution in [3.8, 4) is 16.9 Å². The fourth-order valence-electron chi connectivity index (χ4n) is 5.98. The normalized spacial score (nSPS) is 14.0. The maximum absolute atomic E-state index is 12.0. The number of aromatic nitrogens is 2. The summed E-state index contributed by atoms with van der Waals surface area (Å²) in [4.78, 5) is 18.7. The molecule has 46 heavy (non-hydrogen) atoms. The molecule has 3 heterocycles. The number of hydrogen-bond acceptors (Lipinski definition) is 5. The highest BCUT2D eigenvalue weighted by Gasteiger charge is 2.29. The first-order chi connectivity index (χ1) is 22.4. The number of pyridine rings is 1. The number of benzene rings is 4. The van der Waals surface area contributed by atoms with Crippen LogP contribution in [0.25, 0.3) is 22.0 Å².